The van der Waals surface area contributed by atoms with Crippen molar-refractivity contribution in [2.45, 2.75) is 6.92 Å². The summed E-state index contributed by atoms with van der Waals surface area (Å²) in [7, 11) is 0. The molecule has 0 aliphatic heterocycles. The van der Waals surface area contributed by atoms with Crippen molar-refractivity contribution in [3.05, 3.63) is 12.7 Å². The topological polar surface area (TPSA) is 0 Å². The summed E-state index contributed by atoms with van der Waals surface area (Å²) in [6, 6.07) is 0. The highest BCUT2D eigenvalue weighted by molar-refractivity contribution is 5.76. The fraction of sp³-hybridized carbons (Fsp3) is 0.333. The predicted molar refractivity (Wildman–Crippen MR) is 27.4 cm³/mol. The maximum absolute atomic E-state index is 3.36. The lowest BCUT2D eigenvalue weighted by Gasteiger charge is -1.31. The third kappa shape index (κ3) is 58.3. The molecule has 0 heterocycles. The van der Waals surface area contributed by atoms with E-state index in [4.69, 9.17) is 0 Å². The van der Waals surface area contributed by atoms with E-state index in [2.05, 4.69) is 6.58 Å². The summed E-state index contributed by atoms with van der Waals surface area (Å²) >= 11 is 0. The largest absolute Gasteiger partial charge is 0.103 e. The van der Waals surface area contributed by atoms with Gasteiger partial charge in [0.05, 0.1) is 0 Å². The number of allylic oxidation sites excluding steroid dienone is 1. The quantitative estimate of drug-likeness (QED) is 0.303. The second-order valence-corrected chi connectivity index (χ2v) is 0.408. The maximum Gasteiger partial charge on any atom is 0 e. The number of hydrogen-bond donors (Lipinski definition) is 0. The van der Waals surface area contributed by atoms with E-state index in [0.29, 0.717) is 0 Å². The molecule has 2 heteroatoms. The second-order valence-electron chi connectivity index (χ2n) is 0.408. The van der Waals surface area contributed by atoms with Crippen LogP contribution in [0.2, 0.25) is 0 Å². The van der Waals surface area contributed by atoms with Crippen molar-refractivity contribution >= 4 is 34.7 Å². The minimum absolute atomic E-state index is 0. The highest BCUT2D eigenvalue weighted by Crippen LogP contribution is 1.38. The molecule has 0 unspecified atom stereocenters. The van der Waals surface area contributed by atoms with Crippen molar-refractivity contribution in [2.75, 3.05) is 0 Å². The minimum atomic E-state index is 0. The molecule has 0 bridgehead atoms. The SMILES string of the molecule is C=CC.[Al].[Al]. The molecule has 0 N–H and O–H groups in total. The molecular formula is C3H6Al2. The first-order chi connectivity index (χ1) is 1.41. The van der Waals surface area contributed by atoms with E-state index in [9.17, 15) is 0 Å². The van der Waals surface area contributed by atoms with Crippen LogP contribution in [0.3, 0.4) is 0 Å². The van der Waals surface area contributed by atoms with Crippen LogP contribution in [0.5, 0.6) is 0 Å². The zero-order valence-corrected chi connectivity index (χ0v) is 5.75. The lowest BCUT2D eigenvalue weighted by molar-refractivity contribution is 1.80. The number of rotatable bonds is 0. The van der Waals surface area contributed by atoms with Crippen molar-refractivity contribution in [3.8, 4) is 0 Å². The summed E-state index contributed by atoms with van der Waals surface area (Å²) in [5.41, 5.74) is 0. The molecule has 0 nitrogen and oxygen atoms in total. The van der Waals surface area contributed by atoms with Gasteiger partial charge in [0.1, 0.15) is 0 Å². The van der Waals surface area contributed by atoms with Gasteiger partial charge in [-0.3, -0.25) is 0 Å². The van der Waals surface area contributed by atoms with Gasteiger partial charge in [-0.1, -0.05) is 6.08 Å². The summed E-state index contributed by atoms with van der Waals surface area (Å²) < 4.78 is 0. The van der Waals surface area contributed by atoms with Crippen LogP contribution in [0.15, 0.2) is 12.7 Å². The Hall–Kier alpha value is 0.805. The van der Waals surface area contributed by atoms with Crippen molar-refractivity contribution in [1.82, 2.24) is 0 Å². The Morgan fingerprint density at radius 3 is 1.40 bits per heavy atom. The van der Waals surface area contributed by atoms with Gasteiger partial charge < -0.3 is 0 Å². The summed E-state index contributed by atoms with van der Waals surface area (Å²) in [6.07, 6.45) is 1.75. The number of hydrogen-bond acceptors (Lipinski definition) is 0. The van der Waals surface area contributed by atoms with E-state index in [-0.39, 0.29) is 34.7 Å². The van der Waals surface area contributed by atoms with E-state index >= 15 is 0 Å². The highest BCUT2D eigenvalue weighted by atomic mass is 27.0. The van der Waals surface area contributed by atoms with Crippen LogP contribution in [0.4, 0.5) is 0 Å². The van der Waals surface area contributed by atoms with Crippen molar-refractivity contribution < 1.29 is 0 Å². The molecule has 0 amide bonds. The Balaban J connectivity index is -0.0000000200. The molecule has 0 aliphatic rings. The van der Waals surface area contributed by atoms with Gasteiger partial charge in [0.2, 0.25) is 0 Å². The fourth-order valence-electron chi connectivity index (χ4n) is 0. The molecule has 0 aromatic heterocycles. The van der Waals surface area contributed by atoms with Gasteiger partial charge in [-0.15, -0.1) is 6.58 Å². The van der Waals surface area contributed by atoms with Gasteiger partial charge in [0.25, 0.3) is 0 Å². The maximum atomic E-state index is 3.36. The first-order valence-electron chi connectivity index (χ1n) is 0.986. The zero-order valence-electron chi connectivity index (χ0n) is 3.44. The Labute approximate surface area is 54.5 Å². The third-order valence-corrected chi connectivity index (χ3v) is 0. The van der Waals surface area contributed by atoms with Gasteiger partial charge >= 0.3 is 0 Å². The van der Waals surface area contributed by atoms with Crippen LogP contribution in [0.1, 0.15) is 6.92 Å². The molecule has 0 saturated heterocycles. The molecule has 0 aliphatic carbocycles. The summed E-state index contributed by atoms with van der Waals surface area (Å²) in [6.45, 7) is 5.25. The lowest BCUT2D eigenvalue weighted by atomic mass is 10.8. The molecule has 0 rings (SSSR count). The predicted octanol–water partition coefficient (Wildman–Crippen LogP) is 0.431. The molecule has 0 fully saturated rings. The van der Waals surface area contributed by atoms with Crippen LogP contribution in [-0.4, -0.2) is 34.7 Å². The Morgan fingerprint density at radius 1 is 1.40 bits per heavy atom. The zero-order chi connectivity index (χ0) is 2.71. The molecule has 0 atom stereocenters. The van der Waals surface area contributed by atoms with Crippen LogP contribution in [0.25, 0.3) is 0 Å². The molecular weight excluding hydrogens is 90.0 g/mol. The van der Waals surface area contributed by atoms with Gasteiger partial charge in [0, 0.05) is 34.7 Å². The molecule has 5 heavy (non-hydrogen) atoms. The molecule has 24 valence electrons. The van der Waals surface area contributed by atoms with E-state index in [0.717, 1.165) is 0 Å². The smallest absolute Gasteiger partial charge is 0 e. The van der Waals surface area contributed by atoms with E-state index in [1.807, 2.05) is 6.92 Å². The van der Waals surface area contributed by atoms with E-state index in [1.54, 1.807) is 6.08 Å². The fourth-order valence-corrected chi connectivity index (χ4v) is 0. The van der Waals surface area contributed by atoms with Crippen LogP contribution in [0, 0.1) is 0 Å². The van der Waals surface area contributed by atoms with Crippen LogP contribution in [-0.2, 0) is 0 Å². The van der Waals surface area contributed by atoms with Crippen molar-refractivity contribution in [3.63, 3.8) is 0 Å². The van der Waals surface area contributed by atoms with Gasteiger partial charge in [0.15, 0.2) is 0 Å². The summed E-state index contributed by atoms with van der Waals surface area (Å²) in [4.78, 5) is 0. The molecule has 0 saturated carbocycles. The second kappa shape index (κ2) is 21.4. The molecule has 6 radical (unpaired) electrons. The third-order valence-electron chi connectivity index (χ3n) is 0. The Kier molecular flexibility index (Phi) is 72.7. The van der Waals surface area contributed by atoms with Crippen LogP contribution >= 0.6 is 0 Å². The standard InChI is InChI=1S/C3H6.2Al/c1-3-2;;/h3H,1H2,2H3;;. The average molecular weight is 96.0 g/mol. The van der Waals surface area contributed by atoms with E-state index in [1.165, 1.54) is 0 Å². The molecule has 0 aromatic carbocycles. The van der Waals surface area contributed by atoms with Crippen LogP contribution < -0.4 is 0 Å². The minimum Gasteiger partial charge on any atom is -0.103 e. The first kappa shape index (κ1) is 17.0. The normalized spacial score (nSPS) is 2.60. The van der Waals surface area contributed by atoms with E-state index < -0.39 is 0 Å². The highest BCUT2D eigenvalue weighted by Gasteiger charge is 1.15. The first-order valence-corrected chi connectivity index (χ1v) is 0.986. The molecule has 0 aromatic rings. The average Bonchev–Trinajstić information content (AvgIpc) is 0.918. The Bertz CT molecular complexity index is 12.4. The van der Waals surface area contributed by atoms with Gasteiger partial charge in [-0.05, 0) is 6.92 Å². The monoisotopic (exact) mass is 96.0 g/mol. The Morgan fingerprint density at radius 2 is 1.40 bits per heavy atom. The summed E-state index contributed by atoms with van der Waals surface area (Å²) in [5, 5.41) is 0. The summed E-state index contributed by atoms with van der Waals surface area (Å²) in [5.74, 6) is 0. The van der Waals surface area contributed by atoms with Crippen molar-refractivity contribution in [1.29, 1.82) is 0 Å². The molecule has 0 spiro atoms. The van der Waals surface area contributed by atoms with Crippen molar-refractivity contribution in [2.24, 2.45) is 0 Å². The lowest BCUT2D eigenvalue weighted by Crippen LogP contribution is -1.07. The van der Waals surface area contributed by atoms with Gasteiger partial charge in [-0.2, -0.15) is 0 Å². The van der Waals surface area contributed by atoms with Gasteiger partial charge in [-0.25, -0.2) is 0 Å².